The number of hydrogen-bond acceptors (Lipinski definition) is 6. The Balaban J connectivity index is 0.000000509. The van der Waals surface area contributed by atoms with Gasteiger partial charge in [-0.15, -0.1) is 0 Å². The third-order valence-electron chi connectivity index (χ3n) is 5.91. The summed E-state index contributed by atoms with van der Waals surface area (Å²) in [6.07, 6.45) is -4.16. The van der Waals surface area contributed by atoms with E-state index in [1.54, 1.807) is 25.1 Å². The topological polar surface area (TPSA) is 112 Å². The van der Waals surface area contributed by atoms with Gasteiger partial charge in [-0.2, -0.15) is 17.5 Å². The summed E-state index contributed by atoms with van der Waals surface area (Å²) in [7, 11) is -6.80. The van der Waals surface area contributed by atoms with Crippen LogP contribution < -0.4 is 0 Å². The zero-order chi connectivity index (χ0) is 25.9. The number of carboxylic acids is 1. The van der Waals surface area contributed by atoms with Crippen LogP contribution in [0, 0.1) is 12.8 Å². The fourth-order valence-corrected chi connectivity index (χ4v) is 8.10. The molecular weight excluding hydrogens is 497 g/mol. The second-order valence-corrected chi connectivity index (χ2v) is 13.2. The molecule has 2 fully saturated rings. The summed E-state index contributed by atoms with van der Waals surface area (Å²) in [5, 5.41) is 6.65. The minimum absolute atomic E-state index is 0.0942. The van der Waals surface area contributed by atoms with Crippen LogP contribution in [0.15, 0.2) is 29.2 Å². The maximum Gasteiger partial charge on any atom is 0.490 e. The molecule has 2 saturated heterocycles. The Morgan fingerprint density at radius 2 is 1.71 bits per heavy atom. The summed E-state index contributed by atoms with van der Waals surface area (Å²) >= 11 is 0. The first kappa shape index (κ1) is 28.5. The third kappa shape index (κ3) is 6.92. The fourth-order valence-electron chi connectivity index (χ4n) is 4.36. The van der Waals surface area contributed by atoms with Gasteiger partial charge in [0.2, 0.25) is 10.0 Å². The molecule has 1 N–H and O–H groups in total. The molecule has 2 aliphatic heterocycles. The molecule has 0 aromatic heterocycles. The Bertz CT molecular complexity index is 1070. The predicted octanol–water partition coefficient (Wildman–Crippen LogP) is 2.54. The number of carboxylic acid groups (broad SMARTS) is 1. The van der Waals surface area contributed by atoms with Gasteiger partial charge in [0.25, 0.3) is 0 Å². The van der Waals surface area contributed by atoms with Crippen LogP contribution in [0.2, 0.25) is 0 Å². The Hall–Kier alpha value is -1.70. The maximum absolute atomic E-state index is 13.1. The summed E-state index contributed by atoms with van der Waals surface area (Å²) in [6.45, 7) is 8.06. The first-order valence-electron chi connectivity index (χ1n) is 10.9. The number of benzene rings is 1. The van der Waals surface area contributed by atoms with Crippen molar-refractivity contribution in [3.8, 4) is 0 Å². The molecule has 2 aliphatic rings. The van der Waals surface area contributed by atoms with Gasteiger partial charge in [0, 0.05) is 32.2 Å². The normalized spacial score (nSPS) is 24.0. The second kappa shape index (κ2) is 10.9. The molecule has 2 heterocycles. The lowest BCUT2D eigenvalue weighted by molar-refractivity contribution is -0.192. The van der Waals surface area contributed by atoms with Gasteiger partial charge in [0.05, 0.1) is 15.9 Å². The standard InChI is InChI=1S/C19H30N2O4S2.C2HF3O2/c1-15(2)14-20-12-13-26(22,23)19-9-11-21(10-8-17(19)20)27(24,25)18-7-5-4-6-16(18)3;3-2(4,5)1(6)7/h4-7,15,17,19H,8-14H2,1-3H3;(H,6,7)/t17-,19+;/m0./s1. The summed E-state index contributed by atoms with van der Waals surface area (Å²) in [4.78, 5) is 11.5. The van der Waals surface area contributed by atoms with Crippen molar-refractivity contribution in [1.29, 1.82) is 0 Å². The molecule has 0 unspecified atom stereocenters. The highest BCUT2D eigenvalue weighted by Gasteiger charge is 2.44. The van der Waals surface area contributed by atoms with Gasteiger partial charge in [-0.1, -0.05) is 32.0 Å². The first-order valence-corrected chi connectivity index (χ1v) is 14.0. The van der Waals surface area contributed by atoms with Gasteiger partial charge >= 0.3 is 12.1 Å². The summed E-state index contributed by atoms with van der Waals surface area (Å²) in [6, 6.07) is 6.88. The highest BCUT2D eigenvalue weighted by atomic mass is 32.2. The summed E-state index contributed by atoms with van der Waals surface area (Å²) in [5.41, 5.74) is 0.716. The number of rotatable bonds is 4. The van der Waals surface area contributed by atoms with Crippen molar-refractivity contribution in [2.45, 2.75) is 56.0 Å². The van der Waals surface area contributed by atoms with Gasteiger partial charge in [-0.05, 0) is 37.3 Å². The molecule has 0 aliphatic carbocycles. The van der Waals surface area contributed by atoms with E-state index in [0.717, 1.165) is 6.54 Å². The molecular formula is C21H31F3N2O6S2. The molecule has 0 spiro atoms. The Morgan fingerprint density at radius 3 is 2.24 bits per heavy atom. The van der Waals surface area contributed by atoms with Crippen molar-refractivity contribution < 1.29 is 39.9 Å². The van der Waals surface area contributed by atoms with Crippen LogP contribution in [-0.4, -0.2) is 86.5 Å². The maximum atomic E-state index is 13.1. The van der Waals surface area contributed by atoms with Crippen LogP contribution in [0.25, 0.3) is 0 Å². The van der Waals surface area contributed by atoms with Gasteiger partial charge in [-0.3, -0.25) is 4.90 Å². The quantitative estimate of drug-likeness (QED) is 0.639. The lowest BCUT2D eigenvalue weighted by atomic mass is 10.0. The number of fused-ring (bicyclic) bond motifs is 1. The van der Waals surface area contributed by atoms with E-state index in [9.17, 15) is 30.0 Å². The number of hydrogen-bond donors (Lipinski definition) is 1. The molecule has 0 radical (unpaired) electrons. The Labute approximate surface area is 198 Å². The number of sulfone groups is 1. The lowest BCUT2D eigenvalue weighted by Crippen LogP contribution is -2.55. The number of carbonyl (C=O) groups is 1. The molecule has 1 aromatic rings. The zero-order valence-corrected chi connectivity index (χ0v) is 21.0. The van der Waals surface area contributed by atoms with Crippen LogP contribution in [0.1, 0.15) is 32.3 Å². The molecule has 13 heteroatoms. The number of alkyl halides is 3. The zero-order valence-electron chi connectivity index (χ0n) is 19.3. The average molecular weight is 529 g/mol. The van der Waals surface area contributed by atoms with Gasteiger partial charge in [-0.25, -0.2) is 21.6 Å². The Kier molecular flexibility index (Phi) is 9.16. The minimum Gasteiger partial charge on any atom is -0.475 e. The van der Waals surface area contributed by atoms with Crippen molar-refractivity contribution in [2.24, 2.45) is 5.92 Å². The molecule has 194 valence electrons. The Morgan fingerprint density at radius 1 is 1.15 bits per heavy atom. The first-order chi connectivity index (χ1) is 15.6. The van der Waals surface area contributed by atoms with Gasteiger partial charge in [0.1, 0.15) is 0 Å². The lowest BCUT2D eigenvalue weighted by Gasteiger charge is -2.40. The molecule has 3 rings (SSSR count). The highest BCUT2D eigenvalue weighted by molar-refractivity contribution is 7.92. The van der Waals surface area contributed by atoms with E-state index >= 15 is 0 Å². The van der Waals surface area contributed by atoms with Crippen molar-refractivity contribution in [1.82, 2.24) is 9.21 Å². The van der Waals surface area contributed by atoms with Crippen molar-refractivity contribution in [3.63, 3.8) is 0 Å². The molecule has 2 atom stereocenters. The van der Waals surface area contributed by atoms with Crippen molar-refractivity contribution in [2.75, 3.05) is 31.9 Å². The van der Waals surface area contributed by atoms with E-state index < -0.39 is 37.3 Å². The SMILES string of the molecule is Cc1ccccc1S(=O)(=O)N1CC[C@@H]2[C@H](CC1)N(CC(C)C)CCS2(=O)=O.O=C(O)C(F)(F)F. The molecule has 0 amide bonds. The van der Waals surface area contributed by atoms with E-state index in [1.165, 1.54) is 4.31 Å². The summed E-state index contributed by atoms with van der Waals surface area (Å²) < 4.78 is 84.9. The number of aliphatic carboxylic acids is 1. The van der Waals surface area contributed by atoms with Gasteiger partial charge < -0.3 is 5.11 Å². The third-order valence-corrected chi connectivity index (χ3v) is 10.2. The van der Waals surface area contributed by atoms with E-state index in [-0.39, 0.29) is 18.3 Å². The molecule has 0 saturated carbocycles. The van der Waals surface area contributed by atoms with Crippen molar-refractivity contribution in [3.05, 3.63) is 29.8 Å². The predicted molar refractivity (Wildman–Crippen MR) is 121 cm³/mol. The van der Waals surface area contributed by atoms with Crippen LogP contribution in [0.3, 0.4) is 0 Å². The van der Waals surface area contributed by atoms with E-state index in [4.69, 9.17) is 9.90 Å². The fraction of sp³-hybridized carbons (Fsp3) is 0.667. The highest BCUT2D eigenvalue weighted by Crippen LogP contribution is 2.31. The largest absolute Gasteiger partial charge is 0.490 e. The average Bonchev–Trinajstić information content (AvgIpc) is 2.95. The van der Waals surface area contributed by atoms with Crippen LogP contribution in [0.5, 0.6) is 0 Å². The number of halogens is 3. The van der Waals surface area contributed by atoms with Crippen LogP contribution >= 0.6 is 0 Å². The monoisotopic (exact) mass is 528 g/mol. The smallest absolute Gasteiger partial charge is 0.475 e. The van der Waals surface area contributed by atoms with Crippen molar-refractivity contribution >= 4 is 25.8 Å². The number of aryl methyl sites for hydroxylation is 1. The molecule has 34 heavy (non-hydrogen) atoms. The second-order valence-electron chi connectivity index (χ2n) is 8.91. The van der Waals surface area contributed by atoms with Crippen LogP contribution in [0.4, 0.5) is 13.2 Å². The number of nitrogens with zero attached hydrogens (tertiary/aromatic N) is 2. The van der Waals surface area contributed by atoms with E-state index in [1.807, 2.05) is 6.07 Å². The molecule has 1 aromatic carbocycles. The van der Waals surface area contributed by atoms with Crippen LogP contribution in [-0.2, 0) is 24.7 Å². The molecule has 8 nitrogen and oxygen atoms in total. The van der Waals surface area contributed by atoms with Gasteiger partial charge in [0.15, 0.2) is 9.84 Å². The number of sulfonamides is 1. The molecule has 0 bridgehead atoms. The minimum atomic E-state index is -5.08. The van der Waals surface area contributed by atoms with E-state index in [0.29, 0.717) is 42.3 Å². The van der Waals surface area contributed by atoms with E-state index in [2.05, 4.69) is 18.7 Å². The summed E-state index contributed by atoms with van der Waals surface area (Å²) in [5.74, 6) is -2.14.